The van der Waals surface area contributed by atoms with Crippen molar-refractivity contribution >= 4 is 22.1 Å². The number of hydrogen-bond acceptors (Lipinski definition) is 5. The number of piperazine rings is 1. The minimum Gasteiger partial charge on any atom is -0.292 e. The van der Waals surface area contributed by atoms with Gasteiger partial charge in [0.2, 0.25) is 10.0 Å². The standard InChI is InChI=1S/C21H23F3N4O3S/c1-16-6-8-18(9-7-16)32(30,31)28-12-10-27(11-13-28)15-20(29)26-25-14-17-4-2-3-5-19(17)21(22,23)24/h2-9,14H,10-13,15H2,1H3,(H,26,29)/b25-14+. The maximum atomic E-state index is 13.0. The van der Waals surface area contributed by atoms with Gasteiger partial charge in [-0.2, -0.15) is 22.6 Å². The van der Waals surface area contributed by atoms with Gasteiger partial charge in [-0.15, -0.1) is 0 Å². The fourth-order valence-corrected chi connectivity index (χ4v) is 4.69. The van der Waals surface area contributed by atoms with E-state index in [-0.39, 0.29) is 30.1 Å². The normalized spacial score (nSPS) is 16.4. The highest BCUT2D eigenvalue weighted by molar-refractivity contribution is 7.89. The fourth-order valence-electron chi connectivity index (χ4n) is 3.27. The molecule has 2 aromatic carbocycles. The van der Waals surface area contributed by atoms with E-state index in [1.165, 1.54) is 22.5 Å². The minimum absolute atomic E-state index is 0.0450. The molecule has 2 aromatic rings. The Morgan fingerprint density at radius 3 is 2.31 bits per heavy atom. The molecule has 0 radical (unpaired) electrons. The van der Waals surface area contributed by atoms with Crippen LogP contribution in [0, 0.1) is 6.92 Å². The Hall–Kier alpha value is -2.76. The molecule has 0 unspecified atom stereocenters. The molecule has 0 aromatic heterocycles. The Balaban J connectivity index is 1.51. The molecule has 1 aliphatic rings. The Bertz CT molecular complexity index is 1080. The third-order valence-electron chi connectivity index (χ3n) is 5.02. The zero-order chi connectivity index (χ0) is 23.4. The van der Waals surface area contributed by atoms with Gasteiger partial charge >= 0.3 is 6.18 Å². The number of benzene rings is 2. The van der Waals surface area contributed by atoms with Crippen LogP contribution < -0.4 is 5.43 Å². The van der Waals surface area contributed by atoms with Gasteiger partial charge < -0.3 is 0 Å². The van der Waals surface area contributed by atoms with E-state index in [4.69, 9.17) is 0 Å². The van der Waals surface area contributed by atoms with Gasteiger partial charge in [0.25, 0.3) is 5.91 Å². The summed E-state index contributed by atoms with van der Waals surface area (Å²) in [5.74, 6) is -0.499. The van der Waals surface area contributed by atoms with Crippen LogP contribution >= 0.6 is 0 Å². The number of aryl methyl sites for hydroxylation is 1. The van der Waals surface area contributed by atoms with Crippen LogP contribution in [0.2, 0.25) is 0 Å². The molecule has 1 heterocycles. The Kier molecular flexibility index (Phi) is 7.32. The Labute approximate surface area is 184 Å². The van der Waals surface area contributed by atoms with Crippen LogP contribution in [0.5, 0.6) is 0 Å². The summed E-state index contributed by atoms with van der Waals surface area (Å²) in [4.78, 5) is 14.1. The average molecular weight is 469 g/mol. The highest BCUT2D eigenvalue weighted by atomic mass is 32.2. The summed E-state index contributed by atoms with van der Waals surface area (Å²) < 4.78 is 65.8. The smallest absolute Gasteiger partial charge is 0.292 e. The van der Waals surface area contributed by atoms with Crippen molar-refractivity contribution in [1.82, 2.24) is 14.6 Å². The SMILES string of the molecule is Cc1ccc(S(=O)(=O)N2CCN(CC(=O)N/N=C/c3ccccc3C(F)(F)F)CC2)cc1. The lowest BCUT2D eigenvalue weighted by Gasteiger charge is -2.33. The number of carbonyl (C=O) groups excluding carboxylic acids is 1. The molecule has 1 aliphatic heterocycles. The summed E-state index contributed by atoms with van der Waals surface area (Å²) >= 11 is 0. The predicted molar refractivity (Wildman–Crippen MR) is 114 cm³/mol. The Morgan fingerprint density at radius 1 is 1.06 bits per heavy atom. The third-order valence-corrected chi connectivity index (χ3v) is 6.93. The van der Waals surface area contributed by atoms with Gasteiger partial charge in [0.15, 0.2) is 0 Å². The Morgan fingerprint density at radius 2 is 1.69 bits per heavy atom. The summed E-state index contributed by atoms with van der Waals surface area (Å²) in [5, 5.41) is 3.62. The van der Waals surface area contributed by atoms with E-state index in [0.29, 0.717) is 13.1 Å². The monoisotopic (exact) mass is 468 g/mol. The second-order valence-corrected chi connectivity index (χ2v) is 9.31. The maximum absolute atomic E-state index is 13.0. The lowest BCUT2D eigenvalue weighted by Crippen LogP contribution is -2.50. The summed E-state index contributed by atoms with van der Waals surface area (Å²) in [7, 11) is -3.60. The molecule has 0 atom stereocenters. The van der Waals surface area contributed by atoms with Gasteiger partial charge in [-0.3, -0.25) is 9.69 Å². The number of rotatable bonds is 6. The lowest BCUT2D eigenvalue weighted by molar-refractivity contribution is -0.137. The maximum Gasteiger partial charge on any atom is 0.417 e. The highest BCUT2D eigenvalue weighted by Gasteiger charge is 2.32. The number of amides is 1. The summed E-state index contributed by atoms with van der Waals surface area (Å²) in [6, 6.07) is 11.5. The van der Waals surface area contributed by atoms with E-state index >= 15 is 0 Å². The van der Waals surface area contributed by atoms with Crippen molar-refractivity contribution in [1.29, 1.82) is 0 Å². The first-order valence-electron chi connectivity index (χ1n) is 9.84. The molecule has 7 nitrogen and oxygen atoms in total. The third kappa shape index (κ3) is 5.93. The molecule has 11 heteroatoms. The van der Waals surface area contributed by atoms with Crippen molar-refractivity contribution < 1.29 is 26.4 Å². The molecule has 1 fully saturated rings. The van der Waals surface area contributed by atoms with Crippen LogP contribution in [0.15, 0.2) is 58.5 Å². The van der Waals surface area contributed by atoms with Gasteiger partial charge in [0.05, 0.1) is 23.2 Å². The molecule has 0 bridgehead atoms. The largest absolute Gasteiger partial charge is 0.417 e. The second-order valence-electron chi connectivity index (χ2n) is 7.37. The van der Waals surface area contributed by atoms with Crippen LogP contribution in [0.1, 0.15) is 16.7 Å². The number of hydrogen-bond donors (Lipinski definition) is 1. The number of carbonyl (C=O) groups is 1. The predicted octanol–water partition coefficient (Wildman–Crippen LogP) is 2.47. The average Bonchev–Trinajstić information content (AvgIpc) is 2.74. The van der Waals surface area contributed by atoms with E-state index in [0.717, 1.165) is 17.8 Å². The zero-order valence-electron chi connectivity index (χ0n) is 17.3. The van der Waals surface area contributed by atoms with Crippen LogP contribution in [-0.2, 0) is 21.0 Å². The molecule has 1 N–H and O–H groups in total. The number of halogens is 3. The minimum atomic E-state index is -4.52. The van der Waals surface area contributed by atoms with Crippen LogP contribution in [0.3, 0.4) is 0 Å². The van der Waals surface area contributed by atoms with E-state index < -0.39 is 27.7 Å². The number of sulfonamides is 1. The zero-order valence-corrected chi connectivity index (χ0v) is 18.2. The molecule has 3 rings (SSSR count). The number of nitrogens with zero attached hydrogens (tertiary/aromatic N) is 3. The highest BCUT2D eigenvalue weighted by Crippen LogP contribution is 2.31. The number of hydrazone groups is 1. The van der Waals surface area contributed by atoms with E-state index in [2.05, 4.69) is 10.5 Å². The molecular weight excluding hydrogens is 445 g/mol. The molecular formula is C21H23F3N4O3S. The van der Waals surface area contributed by atoms with Crippen molar-refractivity contribution in [2.45, 2.75) is 18.0 Å². The van der Waals surface area contributed by atoms with Gasteiger partial charge in [-0.1, -0.05) is 35.9 Å². The van der Waals surface area contributed by atoms with E-state index in [1.54, 1.807) is 29.2 Å². The summed E-state index contributed by atoms with van der Waals surface area (Å²) in [6.07, 6.45) is -3.57. The van der Waals surface area contributed by atoms with Crippen molar-refractivity contribution in [3.05, 3.63) is 65.2 Å². The van der Waals surface area contributed by atoms with Crippen molar-refractivity contribution in [2.24, 2.45) is 5.10 Å². The van der Waals surface area contributed by atoms with Crippen LogP contribution in [-0.4, -0.2) is 62.5 Å². The lowest BCUT2D eigenvalue weighted by atomic mass is 10.1. The number of nitrogens with one attached hydrogen (secondary N) is 1. The fraction of sp³-hybridized carbons (Fsp3) is 0.333. The summed E-state index contributed by atoms with van der Waals surface area (Å²) in [5.41, 5.74) is 2.18. The second kappa shape index (κ2) is 9.80. The molecule has 0 spiro atoms. The number of alkyl halides is 3. The molecule has 0 aliphatic carbocycles. The van der Waals surface area contributed by atoms with Gasteiger partial charge in [0.1, 0.15) is 0 Å². The summed E-state index contributed by atoms with van der Waals surface area (Å²) in [6.45, 7) is 2.98. The molecule has 172 valence electrons. The molecule has 32 heavy (non-hydrogen) atoms. The first-order valence-corrected chi connectivity index (χ1v) is 11.3. The van der Waals surface area contributed by atoms with E-state index in [9.17, 15) is 26.4 Å². The first-order chi connectivity index (χ1) is 15.1. The molecule has 1 amide bonds. The quantitative estimate of drug-likeness (QED) is 0.522. The molecule has 1 saturated heterocycles. The van der Waals surface area contributed by atoms with Gasteiger partial charge in [-0.25, -0.2) is 13.8 Å². The van der Waals surface area contributed by atoms with Crippen molar-refractivity contribution in [3.63, 3.8) is 0 Å². The topological polar surface area (TPSA) is 82.1 Å². The van der Waals surface area contributed by atoms with E-state index in [1.807, 2.05) is 6.92 Å². The first kappa shape index (κ1) is 23.9. The van der Waals surface area contributed by atoms with Crippen molar-refractivity contribution in [3.8, 4) is 0 Å². The molecule has 0 saturated carbocycles. The van der Waals surface area contributed by atoms with Gasteiger partial charge in [0, 0.05) is 31.7 Å². The van der Waals surface area contributed by atoms with Crippen LogP contribution in [0.4, 0.5) is 13.2 Å². The van der Waals surface area contributed by atoms with Crippen LogP contribution in [0.25, 0.3) is 0 Å². The van der Waals surface area contributed by atoms with Crippen molar-refractivity contribution in [2.75, 3.05) is 32.7 Å². The van der Waals surface area contributed by atoms with Gasteiger partial charge in [-0.05, 0) is 25.1 Å².